The van der Waals surface area contributed by atoms with Crippen LogP contribution in [0.25, 0.3) is 77.5 Å². The average Bonchev–Trinajstić information content (AvgIpc) is 3.76. The number of fused-ring (bicyclic) bond motifs is 6. The average molecular weight is 975 g/mol. The van der Waals surface area contributed by atoms with Crippen molar-refractivity contribution in [2.75, 3.05) is 0 Å². The van der Waals surface area contributed by atoms with E-state index in [0.29, 0.717) is 22.1 Å². The summed E-state index contributed by atoms with van der Waals surface area (Å²) < 4.78 is 37.3. The van der Waals surface area contributed by atoms with Gasteiger partial charge < -0.3 is 9.40 Å². The summed E-state index contributed by atoms with van der Waals surface area (Å²) in [5, 5.41) is 3.68. The van der Waals surface area contributed by atoms with Crippen LogP contribution < -0.4 is 4.40 Å². The van der Waals surface area contributed by atoms with Crippen LogP contribution in [0.15, 0.2) is 130 Å². The molecule has 0 saturated carbocycles. The van der Waals surface area contributed by atoms with Crippen molar-refractivity contribution in [2.24, 2.45) is 5.41 Å². The fourth-order valence-corrected chi connectivity index (χ4v) is 9.51. The molecule has 56 heavy (non-hydrogen) atoms. The zero-order valence-electron chi connectivity index (χ0n) is 35.8. The largest absolute Gasteiger partial charge is 0 e. The predicted octanol–water partition coefficient (Wildman–Crippen LogP) is 13.3. The molecule has 4 heterocycles. The number of rotatable bonds is 5. The summed E-state index contributed by atoms with van der Waals surface area (Å²) in [5.74, 6) is 6.97. The summed E-state index contributed by atoms with van der Waals surface area (Å²) in [6.45, 7) is 6.70. The maximum absolute atomic E-state index is 7.90. The molecule has 0 fully saturated rings. The summed E-state index contributed by atoms with van der Waals surface area (Å²) in [4.78, 5) is 9.24. The smallest absolute Gasteiger partial charge is 0 e. The molecule has 1 radical (unpaired) electrons. The van der Waals surface area contributed by atoms with Crippen LogP contribution in [0, 0.1) is 31.3 Å². The molecule has 5 aromatic carbocycles. The first-order valence-corrected chi connectivity index (χ1v) is 26.1. The summed E-state index contributed by atoms with van der Waals surface area (Å²) in [6.07, 6.45) is 4.84. The van der Waals surface area contributed by atoms with Crippen LogP contribution >= 0.6 is 0 Å². The third kappa shape index (κ3) is 7.91. The van der Waals surface area contributed by atoms with Crippen LogP contribution in [0.2, 0.25) is 17.3 Å². The molecule has 0 saturated heterocycles. The second-order valence-electron chi connectivity index (χ2n) is 16.5. The van der Waals surface area contributed by atoms with Gasteiger partial charge in [-0.05, 0) is 58.7 Å². The first-order valence-electron chi connectivity index (χ1n) is 20.3. The van der Waals surface area contributed by atoms with E-state index in [9.17, 15) is 0 Å². The molecule has 283 valence electrons. The number of benzene rings is 5. The van der Waals surface area contributed by atoms with Gasteiger partial charge in [0.2, 0.25) is 0 Å². The molecule has 9 aromatic rings. The van der Waals surface area contributed by atoms with Gasteiger partial charge in [0.25, 0.3) is 0 Å². The van der Waals surface area contributed by atoms with E-state index in [2.05, 4.69) is 134 Å². The fraction of sp³-hybridized carbons (Fsp3) is 0.200. The van der Waals surface area contributed by atoms with Gasteiger partial charge >= 0.3 is 149 Å². The van der Waals surface area contributed by atoms with Crippen molar-refractivity contribution in [3.05, 3.63) is 150 Å². The van der Waals surface area contributed by atoms with Crippen LogP contribution in [-0.4, -0.2) is 23.2 Å². The number of para-hydroxylation sites is 1. The molecular formula is C50H46GeIrN2O2-2. The molecule has 0 N–H and O–H groups in total. The Kier molecular flexibility index (Phi) is 9.93. The van der Waals surface area contributed by atoms with Crippen molar-refractivity contribution in [3.63, 3.8) is 0 Å². The van der Waals surface area contributed by atoms with Gasteiger partial charge in [-0.3, -0.25) is 0 Å². The van der Waals surface area contributed by atoms with Gasteiger partial charge in [0.05, 0.1) is 5.58 Å². The minimum atomic E-state index is -2.24. The van der Waals surface area contributed by atoms with E-state index in [1.54, 1.807) is 6.07 Å². The van der Waals surface area contributed by atoms with Gasteiger partial charge in [-0.2, -0.15) is 0 Å². The minimum Gasteiger partial charge on any atom is 0 e. The zero-order valence-corrected chi connectivity index (χ0v) is 37.3. The fourth-order valence-electron chi connectivity index (χ4n) is 7.34. The number of aromatic nitrogens is 2. The van der Waals surface area contributed by atoms with E-state index in [1.807, 2.05) is 48.8 Å². The van der Waals surface area contributed by atoms with Crippen molar-refractivity contribution in [2.45, 2.75) is 58.2 Å². The van der Waals surface area contributed by atoms with Gasteiger partial charge in [0, 0.05) is 26.3 Å². The van der Waals surface area contributed by atoms with E-state index in [1.165, 1.54) is 26.6 Å². The van der Waals surface area contributed by atoms with Crippen LogP contribution in [0.4, 0.5) is 0 Å². The molecular weight excluding hydrogens is 925 g/mol. The first-order chi connectivity index (χ1) is 27.5. The molecule has 0 aliphatic rings. The molecule has 0 aliphatic carbocycles. The van der Waals surface area contributed by atoms with Crippen molar-refractivity contribution in [1.29, 1.82) is 0 Å². The molecule has 0 unspecified atom stereocenters. The minimum absolute atomic E-state index is 0. The predicted molar refractivity (Wildman–Crippen MR) is 233 cm³/mol. The standard InChI is InChI=1S/C29H26NO.C21H20GeNO.Ir/c1-19-23(21-8-6-5-7-9-21)12-13-26-28(19)24-11-10-22(17-27(24)31-26)25-16-20(14-15-30-25)18-29(2,3)4;1-14-9-11-16(18-12-10-15(13-23-18)22(2,3)4)21-20(14)17-7-5-6-8-19(17)24-21;/h5-16H,18H2,1-4H3;5-10,12-13H,1-4H3;/q2*-1;/i;1D3;. The first kappa shape index (κ1) is 35.6. The van der Waals surface area contributed by atoms with E-state index >= 15 is 0 Å². The number of hydrogen-bond acceptors (Lipinski definition) is 4. The van der Waals surface area contributed by atoms with Gasteiger partial charge in [0.15, 0.2) is 0 Å². The van der Waals surface area contributed by atoms with Gasteiger partial charge in [0.1, 0.15) is 5.58 Å². The zero-order chi connectivity index (χ0) is 41.0. The molecule has 4 nitrogen and oxygen atoms in total. The molecule has 0 bridgehead atoms. The SMILES string of the molecule is Cc1c(-c2ccccc2)ccc2oc3[c-]c(-c4cc(CC(C)(C)C)ccn4)ccc3c12.[2H]C([2H])([2H])c1c[c-]c(-c2cc[c]([Ge]([CH3])([CH3])[CH3])cn2)c2oc3ccccc3c12.[Ir]. The summed E-state index contributed by atoms with van der Waals surface area (Å²) >= 11 is -1.95. The molecule has 6 heteroatoms. The summed E-state index contributed by atoms with van der Waals surface area (Å²) in [5.41, 5.74) is 11.7. The normalized spacial score (nSPS) is 12.9. The number of furan rings is 2. The van der Waals surface area contributed by atoms with Crippen molar-refractivity contribution < 1.29 is 33.1 Å². The Bertz CT molecular complexity index is 2940. The maximum atomic E-state index is 7.90. The van der Waals surface area contributed by atoms with E-state index < -0.39 is 20.1 Å². The maximum Gasteiger partial charge on any atom is 0 e. The Morgan fingerprint density at radius 2 is 1.55 bits per heavy atom. The molecule has 4 aromatic heterocycles. The van der Waals surface area contributed by atoms with E-state index in [-0.39, 0.29) is 31.1 Å². The van der Waals surface area contributed by atoms with Crippen molar-refractivity contribution in [1.82, 2.24) is 9.97 Å². The third-order valence-corrected chi connectivity index (χ3v) is 14.3. The number of pyridine rings is 2. The Balaban J connectivity index is 0.000000178. The number of nitrogens with zero attached hydrogens (tertiary/aromatic N) is 2. The Labute approximate surface area is 350 Å². The Morgan fingerprint density at radius 1 is 0.768 bits per heavy atom. The third-order valence-electron chi connectivity index (χ3n) is 10.1. The van der Waals surface area contributed by atoms with E-state index in [0.717, 1.165) is 50.7 Å². The van der Waals surface area contributed by atoms with Crippen LogP contribution in [-0.2, 0) is 26.5 Å². The molecule has 0 aliphatic heterocycles. The van der Waals surface area contributed by atoms with Gasteiger partial charge in [-0.25, -0.2) is 0 Å². The van der Waals surface area contributed by atoms with Crippen LogP contribution in [0.3, 0.4) is 0 Å². The monoisotopic (exact) mass is 976 g/mol. The van der Waals surface area contributed by atoms with Crippen LogP contribution in [0.5, 0.6) is 0 Å². The second kappa shape index (κ2) is 15.6. The van der Waals surface area contributed by atoms with Gasteiger partial charge in [-0.1, -0.05) is 80.3 Å². The molecule has 9 rings (SSSR count). The Hall–Kier alpha value is -4.81. The van der Waals surface area contributed by atoms with Crippen molar-refractivity contribution in [3.8, 4) is 33.6 Å². The molecule has 0 amide bonds. The van der Waals surface area contributed by atoms with E-state index in [4.69, 9.17) is 12.9 Å². The number of aryl methyl sites for hydroxylation is 2. The summed E-state index contributed by atoms with van der Waals surface area (Å²) in [6, 6.07) is 43.0. The summed E-state index contributed by atoms with van der Waals surface area (Å²) in [7, 11) is 0. The topological polar surface area (TPSA) is 52.1 Å². The number of hydrogen-bond donors (Lipinski definition) is 0. The second-order valence-corrected chi connectivity index (χ2v) is 27.2. The quantitative estimate of drug-likeness (QED) is 0.127. The Morgan fingerprint density at radius 3 is 2.29 bits per heavy atom. The van der Waals surface area contributed by atoms with Crippen LogP contribution in [0.1, 0.15) is 41.6 Å². The molecule has 0 spiro atoms. The molecule has 0 atom stereocenters. The van der Waals surface area contributed by atoms with Crippen molar-refractivity contribution >= 4 is 61.5 Å². The van der Waals surface area contributed by atoms with Gasteiger partial charge in [-0.15, -0.1) is 17.7 Å².